The molecule has 102 heavy (non-hydrogen) atoms. The highest BCUT2D eigenvalue weighted by Gasteiger charge is 2.47. The van der Waals surface area contributed by atoms with Gasteiger partial charge in [0.25, 0.3) is 0 Å². The van der Waals surface area contributed by atoms with Gasteiger partial charge in [0.05, 0.1) is 58.9 Å². The van der Waals surface area contributed by atoms with Crippen molar-refractivity contribution in [2.45, 2.75) is 169 Å². The predicted octanol–water partition coefficient (Wildman–Crippen LogP) is 17.1. The molecule has 0 heterocycles. The van der Waals surface area contributed by atoms with Crippen LogP contribution >= 0.6 is 21.4 Å². The van der Waals surface area contributed by atoms with Gasteiger partial charge in [-0.05, 0) is 198 Å². The molecule has 0 unspecified atom stereocenters. The number of aryl methyl sites for hydroxylation is 18. The number of rotatable bonds is 37. The lowest BCUT2D eigenvalue weighted by atomic mass is 10.0. The molecule has 0 radical (unpaired) electrons. The molecule has 0 atom stereocenters. The molecule has 0 saturated heterocycles. The van der Waals surface area contributed by atoms with E-state index in [1.807, 2.05) is 41.5 Å². The molecule has 0 N–H and O–H groups in total. The predicted molar refractivity (Wildman–Crippen MR) is 399 cm³/mol. The van der Waals surface area contributed by atoms with E-state index in [4.69, 9.17) is 28.4 Å². The number of benzene rings is 6. The number of carbonyl (C=O) groups excluding carboxylic acids is 9. The van der Waals surface area contributed by atoms with Crippen LogP contribution in [0.1, 0.15) is 201 Å². The largest absolute Gasteiger partial charge is 0.466 e. The molecular formula is C81H101O18P3. The van der Waals surface area contributed by atoms with E-state index in [1.165, 1.54) is 0 Å². The quantitative estimate of drug-likeness (QED) is 0.0152. The van der Waals surface area contributed by atoms with Crippen LogP contribution in [0.25, 0.3) is 0 Å². The average Bonchev–Trinajstić information content (AvgIpc) is 0.774. The van der Waals surface area contributed by atoms with E-state index in [2.05, 4.69) is 0 Å². The van der Waals surface area contributed by atoms with E-state index < -0.39 is 116 Å². The summed E-state index contributed by atoms with van der Waals surface area (Å²) in [6.07, 6.45) is -2.94. The van der Waals surface area contributed by atoms with Crippen molar-refractivity contribution < 1.29 is 85.3 Å². The van der Waals surface area contributed by atoms with Crippen molar-refractivity contribution in [1.29, 1.82) is 0 Å². The highest BCUT2D eigenvalue weighted by atomic mass is 31.2. The lowest BCUT2D eigenvalue weighted by Crippen LogP contribution is -2.43. The number of esters is 3. The highest BCUT2D eigenvalue weighted by molar-refractivity contribution is 7.96. The van der Waals surface area contributed by atoms with E-state index in [0.717, 1.165) is 33.4 Å². The topological polar surface area (TPSA) is 260 Å². The van der Waals surface area contributed by atoms with Gasteiger partial charge in [-0.25, -0.2) is 0 Å². The zero-order valence-electron chi connectivity index (χ0n) is 62.9. The van der Waals surface area contributed by atoms with Crippen LogP contribution < -0.4 is 0 Å². The first-order valence-corrected chi connectivity index (χ1v) is 40.2. The van der Waals surface area contributed by atoms with Crippen LogP contribution in [0.4, 0.5) is 0 Å². The van der Waals surface area contributed by atoms with Gasteiger partial charge in [-0.1, -0.05) is 113 Å². The minimum atomic E-state index is -4.52. The second-order valence-corrected chi connectivity index (χ2v) is 35.8. The molecule has 548 valence electrons. The lowest BCUT2D eigenvalue weighted by molar-refractivity contribution is -0.157. The van der Waals surface area contributed by atoms with Gasteiger partial charge in [0, 0.05) is 58.3 Å². The summed E-state index contributed by atoms with van der Waals surface area (Å²) in [5, 5.41) is 0. The molecule has 0 saturated carbocycles. The first-order valence-electron chi connectivity index (χ1n) is 34.6. The van der Waals surface area contributed by atoms with Gasteiger partial charge in [0.15, 0.2) is 0 Å². The van der Waals surface area contributed by atoms with Crippen molar-refractivity contribution in [3.63, 3.8) is 0 Å². The first-order chi connectivity index (χ1) is 47.7. The summed E-state index contributed by atoms with van der Waals surface area (Å²) in [4.78, 5) is 128. The Morgan fingerprint density at radius 1 is 0.294 bits per heavy atom. The summed E-state index contributed by atoms with van der Waals surface area (Å²) in [6.45, 7) is 32.0. The zero-order chi connectivity index (χ0) is 76.1. The Hall–Kier alpha value is -7.68. The van der Waals surface area contributed by atoms with Gasteiger partial charge in [-0.2, -0.15) is 0 Å². The molecule has 18 nitrogen and oxygen atoms in total. The first kappa shape index (κ1) is 83.3. The molecule has 0 aromatic heterocycles. The van der Waals surface area contributed by atoms with Crippen LogP contribution in [0, 0.1) is 125 Å². The van der Waals surface area contributed by atoms with Crippen LogP contribution in [-0.4, -0.2) is 128 Å². The van der Waals surface area contributed by atoms with Crippen LogP contribution in [0.3, 0.4) is 0 Å². The Bertz CT molecular complexity index is 3640. The fraction of sp³-hybridized carbons (Fsp3) is 0.444. The molecule has 21 heteroatoms. The van der Waals surface area contributed by atoms with Gasteiger partial charge in [-0.15, -0.1) is 0 Å². The van der Waals surface area contributed by atoms with E-state index in [9.17, 15) is 43.2 Å². The van der Waals surface area contributed by atoms with Crippen LogP contribution in [0.15, 0.2) is 72.8 Å². The van der Waals surface area contributed by atoms with Gasteiger partial charge in [-0.3, -0.25) is 43.2 Å². The summed E-state index contributed by atoms with van der Waals surface area (Å²) in [6, 6.07) is 21.3. The molecule has 0 bridgehead atoms. The van der Waals surface area contributed by atoms with Gasteiger partial charge < -0.3 is 42.1 Å². The lowest BCUT2D eigenvalue weighted by Gasteiger charge is -2.32. The summed E-state index contributed by atoms with van der Waals surface area (Å²) in [5.41, 5.74) is 6.66. The van der Waals surface area contributed by atoms with Crippen molar-refractivity contribution in [3.05, 3.63) is 206 Å². The monoisotopic (exact) mass is 1450 g/mol. The maximum absolute atomic E-state index is 15.2. The molecule has 6 aromatic rings. The Labute approximate surface area is 601 Å². The second kappa shape index (κ2) is 35.7. The molecule has 6 rings (SSSR count). The summed E-state index contributed by atoms with van der Waals surface area (Å²) >= 11 is 0. The minimum absolute atomic E-state index is 0.0488. The molecule has 0 fully saturated rings. The molecular weight excluding hydrogens is 1350 g/mol. The number of hydrogen-bond acceptors (Lipinski definition) is 18. The van der Waals surface area contributed by atoms with Gasteiger partial charge >= 0.3 is 17.9 Å². The minimum Gasteiger partial charge on any atom is -0.466 e. The van der Waals surface area contributed by atoms with Crippen molar-refractivity contribution in [3.8, 4) is 0 Å². The summed E-state index contributed by atoms with van der Waals surface area (Å²) < 4.78 is 80.8. The highest BCUT2D eigenvalue weighted by Crippen LogP contribution is 2.57. The van der Waals surface area contributed by atoms with Crippen LogP contribution in [0.2, 0.25) is 0 Å². The fourth-order valence-corrected chi connectivity index (χ4v) is 21.5. The Kier molecular flexibility index (Phi) is 29.1. The second-order valence-electron chi connectivity index (χ2n) is 27.6. The van der Waals surface area contributed by atoms with Crippen molar-refractivity contribution in [1.82, 2.24) is 0 Å². The third-order valence-corrected chi connectivity index (χ3v) is 26.4. The Morgan fingerprint density at radius 3 is 0.686 bits per heavy atom. The molecule has 0 aliphatic rings. The summed E-state index contributed by atoms with van der Waals surface area (Å²) in [5.74, 6) is -2.46. The van der Waals surface area contributed by atoms with Crippen molar-refractivity contribution in [2.24, 2.45) is 0 Å². The van der Waals surface area contributed by atoms with Crippen LogP contribution in [0.5, 0.6) is 0 Å². The molecule has 0 amide bonds. The maximum Gasteiger partial charge on any atom is 0.306 e. The van der Waals surface area contributed by atoms with Crippen molar-refractivity contribution in [2.75, 3.05) is 71.3 Å². The van der Waals surface area contributed by atoms with E-state index >= 15 is 13.7 Å². The summed E-state index contributed by atoms with van der Waals surface area (Å²) in [7, 11) is -13.5. The van der Waals surface area contributed by atoms with E-state index in [-0.39, 0.29) is 99.1 Å². The smallest absolute Gasteiger partial charge is 0.306 e. The third-order valence-electron chi connectivity index (χ3n) is 18.5. The maximum atomic E-state index is 15.2. The van der Waals surface area contributed by atoms with E-state index in [1.54, 1.807) is 163 Å². The van der Waals surface area contributed by atoms with Gasteiger partial charge in [0.1, 0.15) is 18.8 Å². The standard InChI is InChI=1S/C81H101O18P3/c1-20-81(46-94-27-29-97-67(83)23-32-101(92,77(87)71-58(12)38-50(4)39-59(71)13)78(88)72-60(14)40-51(5)41-61(72)15,47-95-28-30-98-68(84)24-33-102(93,79(89)73-62(16)42-52(6)43-63(73)17)80(90)74-64(18)44-53(7)45-65(74)19)99-26-21-25-96-66(82)22-31-100(91,75(85)69-54(8)34-48(2)35-55(69)9)76(86)70-56(10)36-49(3)37-57(70)11/h34-45H,20-33,46-47H2,1-19H3. The van der Waals surface area contributed by atoms with Crippen LogP contribution in [-0.2, 0) is 56.5 Å². The molecule has 0 aliphatic carbocycles. The zero-order valence-corrected chi connectivity index (χ0v) is 65.6. The third kappa shape index (κ3) is 20.0. The normalized spacial score (nSPS) is 11.9. The number of carbonyl (C=O) groups is 9. The Morgan fingerprint density at radius 2 is 0.490 bits per heavy atom. The Balaban J connectivity index is 1.14. The van der Waals surface area contributed by atoms with Gasteiger partial charge in [0.2, 0.25) is 54.6 Å². The number of ether oxygens (including phenoxy) is 6. The molecule has 6 aromatic carbocycles. The fourth-order valence-electron chi connectivity index (χ4n) is 13.9. The molecule has 0 aliphatic heterocycles. The average molecular weight is 1460 g/mol. The van der Waals surface area contributed by atoms with Crippen molar-refractivity contribution >= 4 is 72.5 Å². The SMILES string of the molecule is CCC(COCCOC(=O)CCP(=O)(C(=O)c1c(C)cc(C)cc1C)C(=O)c1c(C)cc(C)cc1C)(COCCOC(=O)CCP(=O)(C(=O)c1c(C)cc(C)cc1C)C(=O)c1c(C)cc(C)cc1C)OCCCOC(=O)CCP(=O)(C(=O)c1c(C)cc(C)cc1C)C(=O)c1c(C)cc(C)cc1C. The van der Waals surface area contributed by atoms with E-state index in [0.29, 0.717) is 66.8 Å². The number of hydrogen-bond donors (Lipinski definition) is 0. The molecule has 0 spiro atoms.